The first kappa shape index (κ1) is 15.6. The third-order valence-corrected chi connectivity index (χ3v) is 6.74. The van der Waals surface area contributed by atoms with Gasteiger partial charge in [-0.25, -0.2) is 13.4 Å². The number of likely N-dealkylation sites (tertiary alicyclic amines) is 1. The molecule has 2 aliphatic rings. The first-order valence-electron chi connectivity index (χ1n) is 8.36. The van der Waals surface area contributed by atoms with Crippen LogP contribution in [-0.4, -0.2) is 48.8 Å². The molecule has 2 saturated heterocycles. The maximum atomic E-state index is 12.6. The van der Waals surface area contributed by atoms with Crippen molar-refractivity contribution in [3.05, 3.63) is 30.2 Å². The zero-order valence-corrected chi connectivity index (χ0v) is 14.2. The Kier molecular flexibility index (Phi) is 3.83. The molecule has 0 unspecified atom stereocenters. The van der Waals surface area contributed by atoms with Crippen LogP contribution in [0.1, 0.15) is 31.1 Å². The van der Waals surface area contributed by atoms with Gasteiger partial charge in [0.2, 0.25) is 5.91 Å². The summed E-state index contributed by atoms with van der Waals surface area (Å²) in [7, 11) is -3.04. The van der Waals surface area contributed by atoms with Gasteiger partial charge in [0, 0.05) is 13.1 Å². The molecule has 1 aromatic heterocycles. The van der Waals surface area contributed by atoms with Crippen LogP contribution in [0, 0.1) is 5.92 Å². The van der Waals surface area contributed by atoms with E-state index in [0.29, 0.717) is 25.4 Å². The smallest absolute Gasteiger partial charge is 0.226 e. The molecule has 0 N–H and O–H groups in total. The Bertz CT molecular complexity index is 841. The van der Waals surface area contributed by atoms with Crippen molar-refractivity contribution >= 4 is 26.8 Å². The Hall–Kier alpha value is -1.89. The molecule has 3 heterocycles. The second-order valence-corrected chi connectivity index (χ2v) is 8.97. The zero-order valence-electron chi connectivity index (χ0n) is 13.3. The largest absolute Gasteiger partial charge is 0.440 e. The molecule has 0 bridgehead atoms. The molecule has 2 fully saturated rings. The average molecular weight is 348 g/mol. The highest BCUT2D eigenvalue weighted by Gasteiger charge is 2.37. The van der Waals surface area contributed by atoms with E-state index in [9.17, 15) is 13.2 Å². The Morgan fingerprint density at radius 2 is 2.08 bits per heavy atom. The molecule has 0 aliphatic carbocycles. The zero-order chi connectivity index (χ0) is 16.7. The summed E-state index contributed by atoms with van der Waals surface area (Å²) in [6.07, 6.45) is 2.26. The van der Waals surface area contributed by atoms with Gasteiger partial charge >= 0.3 is 0 Å². The summed E-state index contributed by atoms with van der Waals surface area (Å²) in [5.41, 5.74) is 1.59. The van der Waals surface area contributed by atoms with Crippen molar-refractivity contribution in [2.75, 3.05) is 24.6 Å². The highest BCUT2D eigenvalue weighted by Crippen LogP contribution is 2.30. The molecule has 1 amide bonds. The summed E-state index contributed by atoms with van der Waals surface area (Å²) in [5, 5.41) is 0. The summed E-state index contributed by atoms with van der Waals surface area (Å²) in [6.45, 7) is 1.24. The van der Waals surface area contributed by atoms with Gasteiger partial charge in [-0.05, 0) is 31.4 Å². The second kappa shape index (κ2) is 5.88. The van der Waals surface area contributed by atoms with Crippen LogP contribution in [0.15, 0.2) is 28.7 Å². The van der Waals surface area contributed by atoms with Gasteiger partial charge in [-0.2, -0.15) is 0 Å². The van der Waals surface area contributed by atoms with Gasteiger partial charge < -0.3 is 9.32 Å². The molecule has 4 rings (SSSR count). The predicted molar refractivity (Wildman–Crippen MR) is 89.3 cm³/mol. The quantitative estimate of drug-likeness (QED) is 0.829. The molecule has 0 saturated carbocycles. The molecule has 2 aromatic rings. The van der Waals surface area contributed by atoms with Crippen molar-refractivity contribution in [2.45, 2.75) is 25.2 Å². The van der Waals surface area contributed by atoms with Gasteiger partial charge in [0.1, 0.15) is 5.52 Å². The number of fused-ring (bicyclic) bond motifs is 1. The Labute approximate surface area is 140 Å². The van der Waals surface area contributed by atoms with E-state index in [0.717, 1.165) is 23.9 Å². The Morgan fingerprint density at radius 1 is 1.25 bits per heavy atom. The highest BCUT2D eigenvalue weighted by molar-refractivity contribution is 7.91. The molecule has 128 valence electrons. The van der Waals surface area contributed by atoms with E-state index in [1.807, 2.05) is 24.3 Å². The maximum Gasteiger partial charge on any atom is 0.226 e. The molecule has 6 nitrogen and oxygen atoms in total. The van der Waals surface area contributed by atoms with Crippen molar-refractivity contribution in [2.24, 2.45) is 5.92 Å². The Balaban J connectivity index is 1.50. The van der Waals surface area contributed by atoms with Crippen molar-refractivity contribution in [1.29, 1.82) is 0 Å². The Morgan fingerprint density at radius 3 is 2.83 bits per heavy atom. The maximum absolute atomic E-state index is 12.6. The first-order chi connectivity index (χ1) is 11.5. The number of sulfone groups is 1. The number of aromatic nitrogens is 1. The fourth-order valence-corrected chi connectivity index (χ4v) is 5.42. The number of oxazole rings is 1. The van der Waals surface area contributed by atoms with E-state index in [-0.39, 0.29) is 29.2 Å². The lowest BCUT2D eigenvalue weighted by atomic mass is 9.96. The van der Waals surface area contributed by atoms with E-state index < -0.39 is 9.84 Å². The molecule has 2 aliphatic heterocycles. The lowest BCUT2D eigenvalue weighted by Crippen LogP contribution is -2.42. The van der Waals surface area contributed by atoms with E-state index in [4.69, 9.17) is 4.42 Å². The number of amides is 1. The van der Waals surface area contributed by atoms with Crippen LogP contribution in [-0.2, 0) is 14.6 Å². The molecule has 24 heavy (non-hydrogen) atoms. The summed E-state index contributed by atoms with van der Waals surface area (Å²) in [4.78, 5) is 19.0. The van der Waals surface area contributed by atoms with Gasteiger partial charge in [0.25, 0.3) is 0 Å². The van der Waals surface area contributed by atoms with Gasteiger partial charge in [0.05, 0.1) is 23.3 Å². The minimum absolute atomic E-state index is 0.00408. The normalized spacial score (nSPS) is 26.8. The van der Waals surface area contributed by atoms with Crippen molar-refractivity contribution in [3.8, 4) is 0 Å². The summed E-state index contributed by atoms with van der Waals surface area (Å²) < 4.78 is 29.1. The van der Waals surface area contributed by atoms with Crippen LogP contribution >= 0.6 is 0 Å². The van der Waals surface area contributed by atoms with Crippen LogP contribution in [0.5, 0.6) is 0 Å². The van der Waals surface area contributed by atoms with E-state index in [2.05, 4.69) is 4.98 Å². The number of hydrogen-bond acceptors (Lipinski definition) is 5. The monoisotopic (exact) mass is 348 g/mol. The second-order valence-electron chi connectivity index (χ2n) is 6.74. The highest BCUT2D eigenvalue weighted by atomic mass is 32.2. The lowest BCUT2D eigenvalue weighted by Gasteiger charge is -2.32. The van der Waals surface area contributed by atoms with Crippen LogP contribution in [0.3, 0.4) is 0 Å². The number of carbonyl (C=O) groups excluding carboxylic acids is 1. The van der Waals surface area contributed by atoms with Gasteiger partial charge in [0.15, 0.2) is 21.3 Å². The third kappa shape index (κ3) is 2.92. The number of piperidine rings is 1. The fraction of sp³-hybridized carbons (Fsp3) is 0.529. The lowest BCUT2D eigenvalue weighted by molar-refractivity contribution is -0.136. The SMILES string of the molecule is O=C([C@@H]1CCS(=O)(=O)C1)N1CCC[C@H](c2nc3ccccc3o2)C1. The molecule has 0 radical (unpaired) electrons. The first-order valence-corrected chi connectivity index (χ1v) is 10.2. The number of benzene rings is 1. The van der Waals surface area contributed by atoms with Crippen molar-refractivity contribution < 1.29 is 17.6 Å². The van der Waals surface area contributed by atoms with E-state index in [1.54, 1.807) is 4.90 Å². The summed E-state index contributed by atoms with van der Waals surface area (Å²) >= 11 is 0. The summed E-state index contributed by atoms with van der Waals surface area (Å²) in [6, 6.07) is 7.64. The van der Waals surface area contributed by atoms with Crippen molar-refractivity contribution in [1.82, 2.24) is 9.88 Å². The van der Waals surface area contributed by atoms with Crippen LogP contribution in [0.4, 0.5) is 0 Å². The summed E-state index contributed by atoms with van der Waals surface area (Å²) in [5.74, 6) is 0.469. The number of nitrogens with zero attached hydrogens (tertiary/aromatic N) is 2. The van der Waals surface area contributed by atoms with Crippen molar-refractivity contribution in [3.63, 3.8) is 0 Å². The van der Waals surface area contributed by atoms with Gasteiger partial charge in [-0.15, -0.1) is 0 Å². The van der Waals surface area contributed by atoms with E-state index in [1.165, 1.54) is 0 Å². The molecule has 0 spiro atoms. The number of para-hydroxylation sites is 2. The minimum Gasteiger partial charge on any atom is -0.440 e. The number of rotatable bonds is 2. The van der Waals surface area contributed by atoms with Crippen LogP contribution in [0.25, 0.3) is 11.1 Å². The van der Waals surface area contributed by atoms with Gasteiger partial charge in [-0.3, -0.25) is 4.79 Å². The molecular formula is C17H20N2O4S. The fourth-order valence-electron chi connectivity index (χ4n) is 3.69. The predicted octanol–water partition coefficient (Wildman–Crippen LogP) is 1.97. The topological polar surface area (TPSA) is 80.5 Å². The van der Waals surface area contributed by atoms with E-state index >= 15 is 0 Å². The number of carbonyl (C=O) groups is 1. The molecule has 2 atom stereocenters. The minimum atomic E-state index is -3.04. The van der Waals surface area contributed by atoms with Crippen LogP contribution < -0.4 is 0 Å². The van der Waals surface area contributed by atoms with Crippen LogP contribution in [0.2, 0.25) is 0 Å². The molecular weight excluding hydrogens is 328 g/mol. The molecule has 7 heteroatoms. The number of hydrogen-bond donors (Lipinski definition) is 0. The standard InChI is InChI=1S/C17H20N2O4S/c20-17(13-7-9-24(21,22)11-13)19-8-3-4-12(10-19)16-18-14-5-1-2-6-15(14)23-16/h1-2,5-6,12-13H,3-4,7-11H2/t12-,13+/m0/s1. The average Bonchev–Trinajstić information content (AvgIpc) is 3.17. The third-order valence-electron chi connectivity index (χ3n) is 4.97. The van der Waals surface area contributed by atoms with Gasteiger partial charge in [-0.1, -0.05) is 12.1 Å². The molecule has 1 aromatic carbocycles.